The maximum absolute atomic E-state index is 5.69. The summed E-state index contributed by atoms with van der Waals surface area (Å²) in [5.74, 6) is 0.739. The maximum Gasteiger partial charge on any atom is 0.276 e. The number of hydrogen-bond acceptors (Lipinski definition) is 5. The molecule has 2 rings (SSSR count). The van der Waals surface area contributed by atoms with Crippen molar-refractivity contribution < 1.29 is 9.47 Å². The second kappa shape index (κ2) is 5.45. The minimum Gasteiger partial charge on any atom is -0.491 e. The molecule has 0 spiro atoms. The Bertz CT molecular complexity index is 493. The summed E-state index contributed by atoms with van der Waals surface area (Å²) in [6.07, 6.45) is 1.70. The average molecular weight is 252 g/mol. The fourth-order valence-electron chi connectivity index (χ4n) is 1.21. The lowest BCUT2D eigenvalue weighted by molar-refractivity contribution is 0.265. The number of nitrogens with zero attached hydrogens (tertiary/aromatic N) is 3. The highest BCUT2D eigenvalue weighted by molar-refractivity contribution is 6.29. The molecule has 2 heterocycles. The lowest BCUT2D eigenvalue weighted by Gasteiger charge is -2.08. The average Bonchev–Trinajstić information content (AvgIpc) is 2.38. The molecule has 17 heavy (non-hydrogen) atoms. The molecule has 0 atom stereocenters. The van der Waals surface area contributed by atoms with E-state index in [4.69, 9.17) is 21.1 Å². The number of aromatic nitrogens is 3. The van der Waals surface area contributed by atoms with Crippen molar-refractivity contribution in [2.75, 3.05) is 7.11 Å². The second-order valence-corrected chi connectivity index (χ2v) is 3.54. The van der Waals surface area contributed by atoms with Crippen LogP contribution >= 0.6 is 11.6 Å². The number of ether oxygens (including phenoxy) is 2. The standard InChI is InChI=1S/C11H10ClN3O2/c1-16-9-6-10(12)14-15-11(9)17-7-8-4-2-3-5-13-8/h2-6H,7H2,1H3. The zero-order chi connectivity index (χ0) is 12.1. The molecule has 0 aliphatic carbocycles. The monoisotopic (exact) mass is 251 g/mol. The van der Waals surface area contributed by atoms with E-state index in [0.717, 1.165) is 5.69 Å². The van der Waals surface area contributed by atoms with Crippen LogP contribution < -0.4 is 9.47 Å². The predicted octanol–water partition coefficient (Wildman–Crippen LogP) is 2.11. The molecule has 6 heteroatoms. The van der Waals surface area contributed by atoms with Gasteiger partial charge in [-0.05, 0) is 12.1 Å². The first-order valence-corrected chi connectivity index (χ1v) is 5.27. The summed E-state index contributed by atoms with van der Waals surface area (Å²) in [7, 11) is 1.51. The maximum atomic E-state index is 5.69. The molecule has 0 aliphatic heterocycles. The Morgan fingerprint density at radius 3 is 2.88 bits per heavy atom. The molecule has 5 nitrogen and oxygen atoms in total. The van der Waals surface area contributed by atoms with Crippen LogP contribution in [-0.4, -0.2) is 22.3 Å². The molecule has 0 bridgehead atoms. The van der Waals surface area contributed by atoms with Gasteiger partial charge < -0.3 is 9.47 Å². The van der Waals surface area contributed by atoms with Crippen molar-refractivity contribution in [2.45, 2.75) is 6.61 Å². The molecule has 0 radical (unpaired) electrons. The molecular formula is C11H10ClN3O2. The predicted molar refractivity (Wildman–Crippen MR) is 62.2 cm³/mol. The molecule has 88 valence electrons. The van der Waals surface area contributed by atoms with Gasteiger partial charge in [-0.2, -0.15) is 0 Å². The van der Waals surface area contributed by atoms with Crippen LogP contribution in [0.15, 0.2) is 30.5 Å². The van der Waals surface area contributed by atoms with E-state index in [1.54, 1.807) is 12.3 Å². The van der Waals surface area contributed by atoms with Gasteiger partial charge in [0, 0.05) is 12.3 Å². The Kier molecular flexibility index (Phi) is 3.72. The van der Waals surface area contributed by atoms with Gasteiger partial charge >= 0.3 is 0 Å². The Morgan fingerprint density at radius 2 is 2.18 bits per heavy atom. The summed E-state index contributed by atoms with van der Waals surface area (Å²) >= 11 is 5.69. The van der Waals surface area contributed by atoms with E-state index < -0.39 is 0 Å². The Morgan fingerprint density at radius 1 is 1.29 bits per heavy atom. The minimum atomic E-state index is 0.257. The van der Waals surface area contributed by atoms with E-state index in [0.29, 0.717) is 18.2 Å². The number of hydrogen-bond donors (Lipinski definition) is 0. The van der Waals surface area contributed by atoms with Crippen LogP contribution in [0.5, 0.6) is 11.6 Å². The zero-order valence-electron chi connectivity index (χ0n) is 9.13. The molecule has 0 amide bonds. The summed E-state index contributed by atoms with van der Waals surface area (Å²) in [5.41, 5.74) is 0.798. The summed E-state index contributed by atoms with van der Waals surface area (Å²) < 4.78 is 10.5. The van der Waals surface area contributed by atoms with Gasteiger partial charge in [0.1, 0.15) is 6.61 Å². The number of rotatable bonds is 4. The highest BCUT2D eigenvalue weighted by Crippen LogP contribution is 2.25. The smallest absolute Gasteiger partial charge is 0.276 e. The van der Waals surface area contributed by atoms with Crippen LogP contribution in [0.3, 0.4) is 0 Å². The van der Waals surface area contributed by atoms with Crippen LogP contribution in [-0.2, 0) is 6.61 Å². The Hall–Kier alpha value is -1.88. The van der Waals surface area contributed by atoms with E-state index in [-0.39, 0.29) is 5.15 Å². The van der Waals surface area contributed by atoms with Gasteiger partial charge in [0.15, 0.2) is 10.9 Å². The van der Waals surface area contributed by atoms with Crippen molar-refractivity contribution in [3.8, 4) is 11.6 Å². The minimum absolute atomic E-state index is 0.257. The first-order valence-electron chi connectivity index (χ1n) is 4.89. The summed E-state index contributed by atoms with van der Waals surface area (Å²) in [4.78, 5) is 4.13. The van der Waals surface area contributed by atoms with Gasteiger partial charge in [-0.25, -0.2) is 0 Å². The number of halogens is 1. The van der Waals surface area contributed by atoms with Crippen molar-refractivity contribution in [3.05, 3.63) is 41.3 Å². The van der Waals surface area contributed by atoms with E-state index in [1.807, 2.05) is 18.2 Å². The largest absolute Gasteiger partial charge is 0.491 e. The molecule has 2 aromatic heterocycles. The molecule has 0 saturated carbocycles. The topological polar surface area (TPSA) is 57.1 Å². The molecule has 0 saturated heterocycles. The van der Waals surface area contributed by atoms with Gasteiger partial charge in [-0.15, -0.1) is 10.2 Å². The summed E-state index contributed by atoms with van der Waals surface area (Å²) in [6, 6.07) is 7.13. The highest BCUT2D eigenvalue weighted by Gasteiger charge is 2.08. The van der Waals surface area contributed by atoms with E-state index >= 15 is 0 Å². The van der Waals surface area contributed by atoms with Crippen molar-refractivity contribution in [3.63, 3.8) is 0 Å². The fourth-order valence-corrected chi connectivity index (χ4v) is 1.35. The lowest BCUT2D eigenvalue weighted by atomic mass is 10.4. The van der Waals surface area contributed by atoms with Crippen molar-refractivity contribution >= 4 is 11.6 Å². The summed E-state index contributed by atoms with van der Waals surface area (Å²) in [5, 5.41) is 7.75. The molecule has 2 aromatic rings. The third-order valence-corrected chi connectivity index (χ3v) is 2.18. The molecule has 0 aliphatic rings. The third-order valence-electron chi connectivity index (χ3n) is 2.00. The third kappa shape index (κ3) is 3.04. The zero-order valence-corrected chi connectivity index (χ0v) is 9.89. The van der Waals surface area contributed by atoms with Crippen LogP contribution in [0.2, 0.25) is 5.15 Å². The van der Waals surface area contributed by atoms with E-state index in [9.17, 15) is 0 Å². The molecular weight excluding hydrogens is 242 g/mol. The number of pyridine rings is 1. The van der Waals surface area contributed by atoms with Crippen LogP contribution in [0.25, 0.3) is 0 Å². The fraction of sp³-hybridized carbons (Fsp3) is 0.182. The normalized spacial score (nSPS) is 10.0. The Balaban J connectivity index is 2.09. The SMILES string of the molecule is COc1cc(Cl)nnc1OCc1ccccn1. The molecule has 0 fully saturated rings. The van der Waals surface area contributed by atoms with Crippen LogP contribution in [0.1, 0.15) is 5.69 Å². The quantitative estimate of drug-likeness (QED) is 0.833. The Labute approximate surface area is 103 Å². The second-order valence-electron chi connectivity index (χ2n) is 3.15. The molecule has 0 aromatic carbocycles. The van der Waals surface area contributed by atoms with E-state index in [1.165, 1.54) is 7.11 Å². The first-order chi connectivity index (χ1) is 8.29. The van der Waals surface area contributed by atoms with Crippen molar-refractivity contribution in [1.82, 2.24) is 15.2 Å². The number of methoxy groups -OCH3 is 1. The van der Waals surface area contributed by atoms with Crippen molar-refractivity contribution in [1.29, 1.82) is 0 Å². The molecule has 0 N–H and O–H groups in total. The van der Waals surface area contributed by atoms with E-state index in [2.05, 4.69) is 15.2 Å². The van der Waals surface area contributed by atoms with Gasteiger partial charge in [0.25, 0.3) is 5.88 Å². The van der Waals surface area contributed by atoms with Gasteiger partial charge in [-0.1, -0.05) is 17.7 Å². The van der Waals surface area contributed by atoms with Crippen molar-refractivity contribution in [2.24, 2.45) is 0 Å². The first kappa shape index (κ1) is 11.6. The molecule has 0 unspecified atom stereocenters. The van der Waals surface area contributed by atoms with Gasteiger partial charge in [0.05, 0.1) is 12.8 Å². The van der Waals surface area contributed by atoms with Gasteiger partial charge in [-0.3, -0.25) is 4.98 Å². The summed E-state index contributed by atoms with van der Waals surface area (Å²) in [6.45, 7) is 0.299. The van der Waals surface area contributed by atoms with Gasteiger partial charge in [0.2, 0.25) is 0 Å². The highest BCUT2D eigenvalue weighted by atomic mass is 35.5. The lowest BCUT2D eigenvalue weighted by Crippen LogP contribution is -2.02. The van der Waals surface area contributed by atoms with Crippen LogP contribution in [0.4, 0.5) is 0 Å². The van der Waals surface area contributed by atoms with Crippen LogP contribution in [0, 0.1) is 0 Å².